The van der Waals surface area contributed by atoms with Crippen LogP contribution in [0.5, 0.6) is 0 Å². The standard InChI is InChI=1S/C9H10N2.2ClH/c1-2-6-7-3-4-8(11-7)9(6)10-5-1;;/h1-2,5,7-8,11H,3-4H2;2*1H/t7-,8+;;/m1../s1. The fraction of sp³-hybridized carbons (Fsp3) is 0.444. The number of nitrogens with zero attached hydrogens (tertiary/aromatic N) is 1. The second kappa shape index (κ2) is 3.82. The van der Waals surface area contributed by atoms with Gasteiger partial charge in [0.2, 0.25) is 0 Å². The smallest absolute Gasteiger partial charge is 0.0621 e. The van der Waals surface area contributed by atoms with Crippen molar-refractivity contribution < 1.29 is 0 Å². The van der Waals surface area contributed by atoms with Crippen LogP contribution in [-0.2, 0) is 0 Å². The zero-order valence-corrected chi connectivity index (χ0v) is 8.70. The Kier molecular flexibility index (Phi) is 3.17. The van der Waals surface area contributed by atoms with Crippen LogP contribution in [0.15, 0.2) is 18.3 Å². The number of pyridine rings is 1. The van der Waals surface area contributed by atoms with Crippen LogP contribution in [-0.4, -0.2) is 4.98 Å². The maximum absolute atomic E-state index is 4.38. The van der Waals surface area contributed by atoms with Crippen molar-refractivity contribution in [2.45, 2.75) is 24.9 Å². The van der Waals surface area contributed by atoms with Gasteiger partial charge >= 0.3 is 0 Å². The Morgan fingerprint density at radius 1 is 1.23 bits per heavy atom. The summed E-state index contributed by atoms with van der Waals surface area (Å²) in [4.78, 5) is 4.38. The van der Waals surface area contributed by atoms with E-state index in [1.165, 1.54) is 24.1 Å². The minimum absolute atomic E-state index is 0. The van der Waals surface area contributed by atoms with Gasteiger partial charge in [-0.1, -0.05) is 6.07 Å². The molecule has 1 aromatic rings. The number of hydrogen-bond acceptors (Lipinski definition) is 2. The minimum atomic E-state index is 0. The van der Waals surface area contributed by atoms with Gasteiger partial charge in [-0.15, -0.1) is 24.8 Å². The highest BCUT2D eigenvalue weighted by Crippen LogP contribution is 2.43. The first-order valence-corrected chi connectivity index (χ1v) is 4.16. The van der Waals surface area contributed by atoms with Crippen molar-refractivity contribution in [1.82, 2.24) is 10.3 Å². The molecule has 0 aromatic carbocycles. The molecule has 2 aliphatic rings. The molecule has 2 atom stereocenters. The molecule has 0 amide bonds. The van der Waals surface area contributed by atoms with Gasteiger partial charge < -0.3 is 5.32 Å². The van der Waals surface area contributed by atoms with Crippen LogP contribution in [0.2, 0.25) is 0 Å². The second-order valence-electron chi connectivity index (χ2n) is 3.33. The van der Waals surface area contributed by atoms with Crippen molar-refractivity contribution in [2.75, 3.05) is 0 Å². The van der Waals surface area contributed by atoms with Gasteiger partial charge in [-0.3, -0.25) is 4.98 Å². The molecule has 1 N–H and O–H groups in total. The summed E-state index contributed by atoms with van der Waals surface area (Å²) in [7, 11) is 0. The Labute approximate surface area is 90.0 Å². The molecular formula is C9H12Cl2N2. The average molecular weight is 219 g/mol. The van der Waals surface area contributed by atoms with Gasteiger partial charge in [0.15, 0.2) is 0 Å². The summed E-state index contributed by atoms with van der Waals surface area (Å²) in [5, 5.41) is 3.53. The van der Waals surface area contributed by atoms with Gasteiger partial charge in [0, 0.05) is 12.2 Å². The van der Waals surface area contributed by atoms with Gasteiger partial charge in [0.1, 0.15) is 0 Å². The Balaban J connectivity index is 0.000000422. The molecule has 13 heavy (non-hydrogen) atoms. The predicted molar refractivity (Wildman–Crippen MR) is 56.6 cm³/mol. The van der Waals surface area contributed by atoms with Crippen molar-refractivity contribution in [3.8, 4) is 0 Å². The molecule has 0 aliphatic carbocycles. The Morgan fingerprint density at radius 3 is 2.77 bits per heavy atom. The summed E-state index contributed by atoms with van der Waals surface area (Å²) in [6.45, 7) is 0. The van der Waals surface area contributed by atoms with Crippen LogP contribution in [0.3, 0.4) is 0 Å². The van der Waals surface area contributed by atoms with E-state index in [2.05, 4.69) is 16.4 Å². The highest BCUT2D eigenvalue weighted by Gasteiger charge is 2.36. The zero-order valence-electron chi connectivity index (χ0n) is 7.06. The largest absolute Gasteiger partial charge is 0.302 e. The minimum Gasteiger partial charge on any atom is -0.302 e. The van der Waals surface area contributed by atoms with E-state index in [1.54, 1.807) is 0 Å². The summed E-state index contributed by atoms with van der Waals surface area (Å²) < 4.78 is 0. The normalized spacial score (nSPS) is 27.4. The Bertz CT molecular complexity index is 274. The number of fused-ring (bicyclic) bond motifs is 5. The fourth-order valence-electron chi connectivity index (χ4n) is 2.22. The van der Waals surface area contributed by atoms with Gasteiger partial charge in [-0.05, 0) is 24.5 Å². The fourth-order valence-corrected chi connectivity index (χ4v) is 2.22. The van der Waals surface area contributed by atoms with E-state index in [9.17, 15) is 0 Å². The molecule has 3 heterocycles. The number of halogens is 2. The number of nitrogens with one attached hydrogen (secondary N) is 1. The molecule has 0 radical (unpaired) electrons. The lowest BCUT2D eigenvalue weighted by Crippen LogP contribution is -2.06. The van der Waals surface area contributed by atoms with E-state index >= 15 is 0 Å². The van der Waals surface area contributed by atoms with Crippen LogP contribution in [0.4, 0.5) is 0 Å². The van der Waals surface area contributed by atoms with Crippen LogP contribution in [0.25, 0.3) is 0 Å². The molecule has 1 aromatic heterocycles. The van der Waals surface area contributed by atoms with E-state index in [0.717, 1.165) is 0 Å². The third-order valence-corrected chi connectivity index (χ3v) is 2.72. The summed E-state index contributed by atoms with van der Waals surface area (Å²) in [5.74, 6) is 0. The van der Waals surface area contributed by atoms with E-state index in [0.29, 0.717) is 12.1 Å². The van der Waals surface area contributed by atoms with Crippen LogP contribution in [0.1, 0.15) is 36.2 Å². The molecule has 0 spiro atoms. The highest BCUT2D eigenvalue weighted by molar-refractivity contribution is 5.85. The molecule has 2 bridgehead atoms. The predicted octanol–water partition coefficient (Wildman–Crippen LogP) is 2.40. The highest BCUT2D eigenvalue weighted by atomic mass is 35.5. The molecular weight excluding hydrogens is 207 g/mol. The maximum atomic E-state index is 4.38. The van der Waals surface area contributed by atoms with Gasteiger partial charge in [0.25, 0.3) is 0 Å². The van der Waals surface area contributed by atoms with E-state index in [4.69, 9.17) is 0 Å². The quantitative estimate of drug-likeness (QED) is 0.724. The van der Waals surface area contributed by atoms with Gasteiger partial charge in [0.05, 0.1) is 11.7 Å². The lowest BCUT2D eigenvalue weighted by atomic mass is 9.96. The molecule has 1 fully saturated rings. The number of hydrogen-bond donors (Lipinski definition) is 1. The SMILES string of the molecule is Cl.Cl.c1cnc2c(c1)[C@H]1CC[C@@H]2N1. The number of rotatable bonds is 0. The van der Waals surface area contributed by atoms with Crippen LogP contribution in [0, 0.1) is 0 Å². The van der Waals surface area contributed by atoms with Crippen LogP contribution < -0.4 is 5.32 Å². The lowest BCUT2D eigenvalue weighted by Gasteiger charge is -2.09. The first-order chi connectivity index (χ1) is 5.45. The molecule has 2 nitrogen and oxygen atoms in total. The Morgan fingerprint density at radius 2 is 2.00 bits per heavy atom. The lowest BCUT2D eigenvalue weighted by molar-refractivity contribution is 0.632. The van der Waals surface area contributed by atoms with Crippen molar-refractivity contribution in [2.24, 2.45) is 0 Å². The molecule has 4 heteroatoms. The van der Waals surface area contributed by atoms with Crippen molar-refractivity contribution in [1.29, 1.82) is 0 Å². The van der Waals surface area contributed by atoms with E-state index in [-0.39, 0.29) is 24.8 Å². The monoisotopic (exact) mass is 218 g/mol. The molecule has 72 valence electrons. The van der Waals surface area contributed by atoms with Crippen molar-refractivity contribution >= 4 is 24.8 Å². The third-order valence-electron chi connectivity index (χ3n) is 2.72. The summed E-state index contributed by atoms with van der Waals surface area (Å²) in [6.07, 6.45) is 4.46. The second-order valence-corrected chi connectivity index (χ2v) is 3.33. The third kappa shape index (κ3) is 1.43. The van der Waals surface area contributed by atoms with Gasteiger partial charge in [-0.2, -0.15) is 0 Å². The molecule has 0 saturated carbocycles. The van der Waals surface area contributed by atoms with E-state index < -0.39 is 0 Å². The number of aromatic nitrogens is 1. The topological polar surface area (TPSA) is 24.9 Å². The van der Waals surface area contributed by atoms with Crippen LogP contribution >= 0.6 is 24.8 Å². The molecule has 2 aliphatic heterocycles. The maximum Gasteiger partial charge on any atom is 0.0621 e. The van der Waals surface area contributed by atoms with E-state index in [1.807, 2.05) is 12.3 Å². The Hall–Kier alpha value is -0.310. The molecule has 3 rings (SSSR count). The summed E-state index contributed by atoms with van der Waals surface area (Å²) >= 11 is 0. The first kappa shape index (κ1) is 10.8. The van der Waals surface area contributed by atoms with Gasteiger partial charge in [-0.25, -0.2) is 0 Å². The first-order valence-electron chi connectivity index (χ1n) is 4.16. The summed E-state index contributed by atoms with van der Waals surface area (Å²) in [5.41, 5.74) is 2.73. The summed E-state index contributed by atoms with van der Waals surface area (Å²) in [6, 6.07) is 5.40. The molecule has 0 unspecified atom stereocenters. The van der Waals surface area contributed by atoms with Crippen molar-refractivity contribution in [3.63, 3.8) is 0 Å². The van der Waals surface area contributed by atoms with Crippen molar-refractivity contribution in [3.05, 3.63) is 29.6 Å². The average Bonchev–Trinajstić information content (AvgIpc) is 2.64. The molecule has 1 saturated heterocycles. The zero-order chi connectivity index (χ0) is 7.26.